The molecule has 11 nitrogen and oxygen atoms in total. The van der Waals surface area contributed by atoms with E-state index in [0.29, 0.717) is 63.4 Å². The molecule has 6 rings (SSSR count). The maximum Gasteiger partial charge on any atom is 0.306 e. The summed E-state index contributed by atoms with van der Waals surface area (Å²) in [6.45, 7) is 9.17. The maximum atomic E-state index is 12.0. The number of rotatable bonds is 28. The van der Waals surface area contributed by atoms with E-state index >= 15 is 0 Å². The van der Waals surface area contributed by atoms with Crippen LogP contribution in [0, 0.1) is 0 Å². The quantitative estimate of drug-likeness (QED) is 0.0275. The van der Waals surface area contributed by atoms with Gasteiger partial charge in [-0.25, -0.2) is 0 Å². The van der Waals surface area contributed by atoms with Crippen LogP contribution < -0.4 is 30.0 Å². The Morgan fingerprint density at radius 2 is 0.886 bits per heavy atom. The van der Waals surface area contributed by atoms with Crippen molar-refractivity contribution >= 4 is 18.2 Å². The Hall–Kier alpha value is -6.95. The predicted molar refractivity (Wildman–Crippen MR) is 280 cm³/mol. The van der Waals surface area contributed by atoms with Crippen LogP contribution in [-0.4, -0.2) is 57.7 Å². The third kappa shape index (κ3) is 25.4. The lowest BCUT2D eigenvalue weighted by Crippen LogP contribution is -2.15. The van der Waals surface area contributed by atoms with Crippen LogP contribution in [0.15, 0.2) is 158 Å². The van der Waals surface area contributed by atoms with Crippen molar-refractivity contribution in [2.24, 2.45) is 5.73 Å². The summed E-state index contributed by atoms with van der Waals surface area (Å²) in [6, 6.07) is 51.0. The molecule has 0 unspecified atom stereocenters. The number of esters is 2. The first kappa shape index (κ1) is 57.4. The number of ether oxygens (including phenoxy) is 6. The highest BCUT2D eigenvalue weighted by atomic mass is 16.5. The Bertz CT molecular complexity index is 2260. The first-order valence-electron chi connectivity index (χ1n) is 24.0. The molecule has 0 spiro atoms. The van der Waals surface area contributed by atoms with E-state index < -0.39 is 0 Å². The number of hydrogen-bond donors (Lipinski definition) is 2. The highest BCUT2D eigenvalue weighted by molar-refractivity contribution is 5.74. The summed E-state index contributed by atoms with van der Waals surface area (Å²) in [7, 11) is 0. The van der Waals surface area contributed by atoms with Crippen LogP contribution in [0.1, 0.15) is 98.0 Å². The minimum absolute atomic E-state index is 0. The van der Waals surface area contributed by atoms with Crippen LogP contribution in [0.4, 0.5) is 0 Å². The van der Waals surface area contributed by atoms with E-state index in [4.69, 9.17) is 34.2 Å². The highest BCUT2D eigenvalue weighted by Crippen LogP contribution is 2.17. The third-order valence-corrected chi connectivity index (χ3v) is 10.3. The van der Waals surface area contributed by atoms with Gasteiger partial charge in [-0.05, 0) is 154 Å². The van der Waals surface area contributed by atoms with Crippen molar-refractivity contribution in [2.75, 3.05) is 39.5 Å². The zero-order chi connectivity index (χ0) is 49.0. The molecule has 0 fully saturated rings. The fourth-order valence-electron chi connectivity index (χ4n) is 6.57. The minimum Gasteiger partial charge on any atom is -0.494 e. The molecule has 70 heavy (non-hydrogen) atoms. The Labute approximate surface area is 416 Å². The van der Waals surface area contributed by atoms with Crippen LogP contribution in [0.2, 0.25) is 0 Å². The molecule has 0 amide bonds. The van der Waals surface area contributed by atoms with E-state index in [9.17, 15) is 14.4 Å². The van der Waals surface area contributed by atoms with Crippen molar-refractivity contribution in [3.05, 3.63) is 191 Å². The highest BCUT2D eigenvalue weighted by Gasteiger charge is 2.07. The molecule has 374 valence electrons. The van der Waals surface area contributed by atoms with E-state index in [1.807, 2.05) is 80.6 Å². The molecular formula is C59H74N2O9. The lowest BCUT2D eigenvalue weighted by atomic mass is 10.1. The second-order valence-electron chi connectivity index (χ2n) is 15.9. The molecule has 0 aromatic heterocycles. The fraction of sp³-hybridized carbons (Fsp3) is 0.339. The number of aryl methyl sites for hydroxylation is 2. The largest absolute Gasteiger partial charge is 0.494 e. The molecule has 6 aromatic rings. The van der Waals surface area contributed by atoms with E-state index in [-0.39, 0.29) is 32.6 Å². The van der Waals surface area contributed by atoms with Gasteiger partial charge in [0.15, 0.2) is 0 Å². The third-order valence-electron chi connectivity index (χ3n) is 10.3. The van der Waals surface area contributed by atoms with E-state index in [2.05, 4.69) is 72.0 Å². The van der Waals surface area contributed by atoms with Crippen LogP contribution in [0.5, 0.6) is 23.0 Å². The number of carbonyl (C=O) groups excluding carboxylic acids is 3. The number of benzene rings is 6. The Kier molecular flexibility index (Phi) is 29.6. The first-order chi connectivity index (χ1) is 33.9. The van der Waals surface area contributed by atoms with Gasteiger partial charge in [0.1, 0.15) is 42.5 Å². The molecular weight excluding hydrogens is 881 g/mol. The summed E-state index contributed by atoms with van der Waals surface area (Å²) in [5, 5.41) is 3.49. The van der Waals surface area contributed by atoms with Gasteiger partial charge in [0.2, 0.25) is 0 Å². The second kappa shape index (κ2) is 36.1. The smallest absolute Gasteiger partial charge is 0.306 e. The second-order valence-corrected chi connectivity index (χ2v) is 15.9. The lowest BCUT2D eigenvalue weighted by molar-refractivity contribution is -0.146. The van der Waals surface area contributed by atoms with Gasteiger partial charge in [-0.1, -0.05) is 104 Å². The van der Waals surface area contributed by atoms with Crippen LogP contribution in [0.25, 0.3) is 0 Å². The summed E-state index contributed by atoms with van der Waals surface area (Å²) < 4.78 is 32.6. The average Bonchev–Trinajstić information content (AvgIpc) is 3.39. The molecule has 0 aliphatic carbocycles. The van der Waals surface area contributed by atoms with Crippen molar-refractivity contribution in [2.45, 2.75) is 92.4 Å². The van der Waals surface area contributed by atoms with E-state index in [1.165, 1.54) is 16.7 Å². The number of aldehydes is 1. The summed E-state index contributed by atoms with van der Waals surface area (Å²) in [4.78, 5) is 34.3. The van der Waals surface area contributed by atoms with Crippen LogP contribution in [0.3, 0.4) is 0 Å². The van der Waals surface area contributed by atoms with Gasteiger partial charge in [-0.15, -0.1) is 0 Å². The van der Waals surface area contributed by atoms with Gasteiger partial charge < -0.3 is 39.5 Å². The van der Waals surface area contributed by atoms with Gasteiger partial charge in [0, 0.05) is 24.9 Å². The van der Waals surface area contributed by atoms with Gasteiger partial charge >= 0.3 is 11.9 Å². The number of nitrogens with one attached hydrogen (secondary N) is 1. The molecule has 0 bridgehead atoms. The van der Waals surface area contributed by atoms with Crippen molar-refractivity contribution < 1.29 is 42.8 Å². The Morgan fingerprint density at radius 1 is 0.486 bits per heavy atom. The first-order valence-corrected chi connectivity index (χ1v) is 24.0. The summed E-state index contributed by atoms with van der Waals surface area (Å²) in [5.41, 5.74) is 11.8. The average molecular weight is 955 g/mol. The summed E-state index contributed by atoms with van der Waals surface area (Å²) >= 11 is 0. The molecule has 0 heterocycles. The fourth-order valence-corrected chi connectivity index (χ4v) is 6.57. The molecule has 0 saturated heterocycles. The molecule has 0 aliphatic heterocycles. The SMILES string of the molecule is C.CCOc1ccc(COC(=O)CCCOc2ccc(C=O)cc2)cc1.CCOc1ccc(COC(=O)CCCOc2ccc(CNCCCc3ccccc3)cc2)cc1.NCCCc1ccccc1. The maximum absolute atomic E-state index is 12.0. The normalized spacial score (nSPS) is 10.2. The standard InChI is InChI=1S/C29H35NO4.C20H22O5.C9H13N.CH4/c1-2-32-27-18-14-26(15-19-27)23-34-29(31)11-7-21-33-28-16-12-25(13-17-28)22-30-20-6-10-24-8-4-3-5-9-24;1-2-23-18-11-7-17(8-12-18)15-25-20(22)4-3-13-24-19-9-5-16(14-21)6-10-19;10-8-4-7-9-5-2-1-3-6-9;/h3-5,8-9,12-19,30H,2,6-7,10-11,20-23H2,1H3;5-12,14H,2-4,13,15H2,1H3;1-3,5-6H,4,7-8,10H2;1H4. The van der Waals surface area contributed by atoms with Crippen molar-refractivity contribution in [1.82, 2.24) is 5.32 Å². The topological polar surface area (TPSA) is 145 Å². The Morgan fingerprint density at radius 3 is 1.30 bits per heavy atom. The Balaban J connectivity index is 0.000000314. The molecule has 6 aromatic carbocycles. The van der Waals surface area contributed by atoms with Gasteiger partial charge in [-0.2, -0.15) is 0 Å². The van der Waals surface area contributed by atoms with Crippen LogP contribution >= 0.6 is 0 Å². The zero-order valence-electron chi connectivity index (χ0n) is 40.4. The van der Waals surface area contributed by atoms with E-state index in [1.54, 1.807) is 24.3 Å². The van der Waals surface area contributed by atoms with Gasteiger partial charge in [-0.3, -0.25) is 14.4 Å². The number of hydrogen-bond acceptors (Lipinski definition) is 11. The monoisotopic (exact) mass is 955 g/mol. The molecule has 3 N–H and O–H groups in total. The van der Waals surface area contributed by atoms with Gasteiger partial charge in [0.25, 0.3) is 0 Å². The van der Waals surface area contributed by atoms with E-state index in [0.717, 1.165) is 80.0 Å². The van der Waals surface area contributed by atoms with Gasteiger partial charge in [0.05, 0.1) is 26.4 Å². The number of nitrogens with two attached hydrogens (primary N) is 1. The molecule has 0 saturated carbocycles. The predicted octanol–water partition coefficient (Wildman–Crippen LogP) is 11.7. The number of carbonyl (C=O) groups is 3. The van der Waals surface area contributed by atoms with Crippen molar-refractivity contribution in [3.8, 4) is 23.0 Å². The van der Waals surface area contributed by atoms with Crippen molar-refractivity contribution in [3.63, 3.8) is 0 Å². The zero-order valence-corrected chi connectivity index (χ0v) is 40.4. The minimum atomic E-state index is -0.256. The molecule has 0 atom stereocenters. The van der Waals surface area contributed by atoms with Crippen molar-refractivity contribution in [1.29, 1.82) is 0 Å². The lowest BCUT2D eigenvalue weighted by Gasteiger charge is -2.09. The summed E-state index contributed by atoms with van der Waals surface area (Å²) in [6.07, 6.45) is 7.00. The molecule has 11 heteroatoms. The molecule has 0 radical (unpaired) electrons. The van der Waals surface area contributed by atoms with Crippen LogP contribution in [-0.2, 0) is 51.7 Å². The summed E-state index contributed by atoms with van der Waals surface area (Å²) in [5.74, 6) is 2.64. The molecule has 0 aliphatic rings.